The van der Waals surface area contributed by atoms with E-state index in [1.54, 1.807) is 0 Å². The van der Waals surface area contributed by atoms with Crippen molar-refractivity contribution in [3.05, 3.63) is 34.6 Å². The summed E-state index contributed by atoms with van der Waals surface area (Å²) in [5.41, 5.74) is 0.283. The first-order chi connectivity index (χ1) is 8.18. The lowest BCUT2D eigenvalue weighted by Crippen LogP contribution is -2.36. The molecule has 2 rings (SSSR count). The molecule has 0 radical (unpaired) electrons. The standard InChI is InChI=1S/C13H15ClFNO/c14-11-6-5-9(15)8-10(11)13(17)12-4-2-1-3-7-16-12/h5-6,8,12,16H,1-4,7H2. The van der Waals surface area contributed by atoms with Crippen LogP contribution in [0.4, 0.5) is 4.39 Å². The number of carbonyl (C=O) groups excluding carboxylic acids is 1. The van der Waals surface area contributed by atoms with E-state index in [0.29, 0.717) is 5.02 Å². The van der Waals surface area contributed by atoms with Gasteiger partial charge in [-0.15, -0.1) is 0 Å². The van der Waals surface area contributed by atoms with Crippen LogP contribution < -0.4 is 5.32 Å². The van der Waals surface area contributed by atoms with Gasteiger partial charge in [0.2, 0.25) is 0 Å². The van der Waals surface area contributed by atoms with E-state index < -0.39 is 5.82 Å². The number of benzene rings is 1. The zero-order valence-electron chi connectivity index (χ0n) is 9.51. The first kappa shape index (κ1) is 12.5. The molecule has 17 heavy (non-hydrogen) atoms. The van der Waals surface area contributed by atoms with Crippen LogP contribution in [0.25, 0.3) is 0 Å². The predicted octanol–water partition coefficient (Wildman–Crippen LogP) is 3.19. The third kappa shape index (κ3) is 3.05. The maximum absolute atomic E-state index is 13.1. The fourth-order valence-electron chi connectivity index (χ4n) is 2.13. The summed E-state index contributed by atoms with van der Waals surface area (Å²) in [5.74, 6) is -0.525. The normalized spacial score (nSPS) is 20.9. The Morgan fingerprint density at radius 1 is 1.35 bits per heavy atom. The zero-order valence-corrected chi connectivity index (χ0v) is 10.3. The number of rotatable bonds is 2. The molecular weight excluding hydrogens is 241 g/mol. The molecule has 1 unspecified atom stereocenters. The maximum Gasteiger partial charge on any atom is 0.181 e. The zero-order chi connectivity index (χ0) is 12.3. The van der Waals surface area contributed by atoms with E-state index in [1.165, 1.54) is 18.2 Å². The summed E-state index contributed by atoms with van der Waals surface area (Å²) >= 11 is 5.94. The van der Waals surface area contributed by atoms with Crippen LogP contribution >= 0.6 is 11.6 Å². The van der Waals surface area contributed by atoms with Crippen LogP contribution in [-0.2, 0) is 0 Å². The fourth-order valence-corrected chi connectivity index (χ4v) is 2.34. The molecule has 4 heteroatoms. The molecule has 1 saturated heterocycles. The Hall–Kier alpha value is -0.930. The van der Waals surface area contributed by atoms with Gasteiger partial charge in [-0.3, -0.25) is 4.79 Å². The molecule has 0 bridgehead atoms. The minimum Gasteiger partial charge on any atom is -0.307 e. The van der Waals surface area contributed by atoms with Gasteiger partial charge in [-0.25, -0.2) is 4.39 Å². The number of nitrogens with one attached hydrogen (secondary N) is 1. The molecule has 1 aliphatic heterocycles. The number of halogens is 2. The number of ketones is 1. The van der Waals surface area contributed by atoms with Crippen molar-refractivity contribution in [2.75, 3.05) is 6.54 Å². The number of hydrogen-bond donors (Lipinski definition) is 1. The van der Waals surface area contributed by atoms with Crippen LogP contribution in [0.5, 0.6) is 0 Å². The summed E-state index contributed by atoms with van der Waals surface area (Å²) in [5, 5.41) is 3.52. The van der Waals surface area contributed by atoms with E-state index in [1.807, 2.05) is 0 Å². The average molecular weight is 256 g/mol. The highest BCUT2D eigenvalue weighted by molar-refractivity contribution is 6.34. The summed E-state index contributed by atoms with van der Waals surface area (Å²) in [4.78, 5) is 12.2. The lowest BCUT2D eigenvalue weighted by atomic mass is 10.0. The van der Waals surface area contributed by atoms with Crippen LogP contribution in [0.15, 0.2) is 18.2 Å². The van der Waals surface area contributed by atoms with Gasteiger partial charge in [0.1, 0.15) is 5.82 Å². The second-order valence-electron chi connectivity index (χ2n) is 4.34. The van der Waals surface area contributed by atoms with E-state index in [9.17, 15) is 9.18 Å². The summed E-state index contributed by atoms with van der Waals surface area (Å²) in [6.45, 7) is 0.837. The maximum atomic E-state index is 13.1. The highest BCUT2D eigenvalue weighted by atomic mass is 35.5. The summed E-state index contributed by atoms with van der Waals surface area (Å²) in [6, 6.07) is 3.69. The van der Waals surface area contributed by atoms with Crippen LogP contribution in [0.3, 0.4) is 0 Å². The molecule has 0 aliphatic carbocycles. The Bertz CT molecular complexity index is 414. The first-order valence-electron chi connectivity index (χ1n) is 5.91. The molecule has 0 saturated carbocycles. The van der Waals surface area contributed by atoms with Gasteiger partial charge in [-0.05, 0) is 37.6 Å². The molecular formula is C13H15ClFNO. The van der Waals surface area contributed by atoms with Gasteiger partial charge in [-0.2, -0.15) is 0 Å². The van der Waals surface area contributed by atoms with Crippen molar-refractivity contribution in [3.8, 4) is 0 Å². The van der Waals surface area contributed by atoms with Gasteiger partial charge in [-0.1, -0.05) is 24.4 Å². The van der Waals surface area contributed by atoms with E-state index in [2.05, 4.69) is 5.32 Å². The van der Waals surface area contributed by atoms with Gasteiger partial charge in [0, 0.05) is 5.56 Å². The van der Waals surface area contributed by atoms with Crippen molar-refractivity contribution in [3.63, 3.8) is 0 Å². The highest BCUT2D eigenvalue weighted by Crippen LogP contribution is 2.21. The minimum atomic E-state index is -0.425. The van der Waals surface area contributed by atoms with Crippen molar-refractivity contribution in [1.29, 1.82) is 0 Å². The quantitative estimate of drug-likeness (QED) is 0.823. The van der Waals surface area contributed by atoms with Gasteiger partial charge in [0.25, 0.3) is 0 Å². The molecule has 1 N–H and O–H groups in total. The summed E-state index contributed by atoms with van der Waals surface area (Å²) < 4.78 is 13.1. The number of hydrogen-bond acceptors (Lipinski definition) is 2. The third-order valence-electron chi connectivity index (χ3n) is 3.07. The smallest absolute Gasteiger partial charge is 0.181 e. The van der Waals surface area contributed by atoms with Crippen LogP contribution in [0, 0.1) is 5.82 Å². The Morgan fingerprint density at radius 2 is 2.18 bits per heavy atom. The lowest BCUT2D eigenvalue weighted by molar-refractivity contribution is 0.0940. The van der Waals surface area contributed by atoms with Crippen molar-refractivity contribution in [1.82, 2.24) is 5.32 Å². The fraction of sp³-hybridized carbons (Fsp3) is 0.462. The lowest BCUT2D eigenvalue weighted by Gasteiger charge is -2.15. The van der Waals surface area contributed by atoms with E-state index in [0.717, 1.165) is 32.2 Å². The largest absolute Gasteiger partial charge is 0.307 e. The Labute approximate surface area is 105 Å². The first-order valence-corrected chi connectivity index (χ1v) is 6.29. The molecule has 0 amide bonds. The Morgan fingerprint density at radius 3 is 3.00 bits per heavy atom. The molecule has 1 aliphatic rings. The predicted molar refractivity (Wildman–Crippen MR) is 66.0 cm³/mol. The van der Waals surface area contributed by atoms with E-state index in [-0.39, 0.29) is 17.4 Å². The molecule has 0 aromatic heterocycles. The summed E-state index contributed by atoms with van der Waals surface area (Å²) in [6.07, 6.45) is 4.04. The van der Waals surface area contributed by atoms with Crippen molar-refractivity contribution in [2.45, 2.75) is 31.7 Å². The highest BCUT2D eigenvalue weighted by Gasteiger charge is 2.23. The SMILES string of the molecule is O=C(c1cc(F)ccc1Cl)C1CCCCCN1. The van der Waals surface area contributed by atoms with Crippen molar-refractivity contribution < 1.29 is 9.18 Å². The molecule has 1 fully saturated rings. The monoisotopic (exact) mass is 255 g/mol. The van der Waals surface area contributed by atoms with Gasteiger partial charge in [0.05, 0.1) is 11.1 Å². The van der Waals surface area contributed by atoms with Crippen molar-refractivity contribution >= 4 is 17.4 Å². The number of carbonyl (C=O) groups is 1. The molecule has 1 atom stereocenters. The average Bonchev–Trinajstić information content (AvgIpc) is 2.60. The van der Waals surface area contributed by atoms with E-state index in [4.69, 9.17) is 11.6 Å². The molecule has 1 aromatic carbocycles. The minimum absolute atomic E-state index is 0.101. The molecule has 2 nitrogen and oxygen atoms in total. The topological polar surface area (TPSA) is 29.1 Å². The molecule has 1 aromatic rings. The summed E-state index contributed by atoms with van der Waals surface area (Å²) in [7, 11) is 0. The van der Waals surface area contributed by atoms with Gasteiger partial charge < -0.3 is 5.32 Å². The van der Waals surface area contributed by atoms with Gasteiger partial charge >= 0.3 is 0 Å². The van der Waals surface area contributed by atoms with Crippen LogP contribution in [0.1, 0.15) is 36.0 Å². The van der Waals surface area contributed by atoms with E-state index >= 15 is 0 Å². The van der Waals surface area contributed by atoms with Gasteiger partial charge in [0.15, 0.2) is 5.78 Å². The Kier molecular flexibility index (Phi) is 4.13. The second kappa shape index (κ2) is 5.61. The molecule has 92 valence electrons. The molecule has 0 spiro atoms. The van der Waals surface area contributed by atoms with Crippen LogP contribution in [0.2, 0.25) is 5.02 Å². The number of Topliss-reactive ketones (excluding diaryl/α,β-unsaturated/α-hetero) is 1. The molecule has 1 heterocycles. The van der Waals surface area contributed by atoms with Crippen LogP contribution in [-0.4, -0.2) is 18.4 Å². The second-order valence-corrected chi connectivity index (χ2v) is 4.75. The van der Waals surface area contributed by atoms with Crippen molar-refractivity contribution in [2.24, 2.45) is 0 Å². The Balaban J connectivity index is 2.20. The third-order valence-corrected chi connectivity index (χ3v) is 3.40.